The van der Waals surface area contributed by atoms with Gasteiger partial charge in [-0.2, -0.15) is 0 Å². The molecule has 0 saturated heterocycles. The van der Waals surface area contributed by atoms with Gasteiger partial charge in [-0.05, 0) is 24.1 Å². The number of hydrogen-bond donors (Lipinski definition) is 0. The molecule has 106 valence electrons. The summed E-state index contributed by atoms with van der Waals surface area (Å²) in [7, 11) is 0. The highest BCUT2D eigenvalue weighted by atomic mass is 16.5. The summed E-state index contributed by atoms with van der Waals surface area (Å²) in [5.74, 6) is -0.387. The van der Waals surface area contributed by atoms with Crippen molar-refractivity contribution in [3.63, 3.8) is 0 Å². The number of carbonyl (C=O) groups is 1. The van der Waals surface area contributed by atoms with Crippen LogP contribution in [0.4, 0.5) is 0 Å². The number of carbonyl (C=O) groups excluding carboxylic acids is 1. The van der Waals surface area contributed by atoms with E-state index in [0.29, 0.717) is 5.57 Å². The Morgan fingerprint density at radius 3 is 2.19 bits per heavy atom. The summed E-state index contributed by atoms with van der Waals surface area (Å²) in [6.07, 6.45) is 3.41. The van der Waals surface area contributed by atoms with Gasteiger partial charge in [0.25, 0.3) is 0 Å². The standard InChI is InChI=1S/C19H18O2/c1-15(2)19(20)21-18(17-11-7-4-8-12-17)14-13-16-9-5-3-6-10-16/h3-14,18H,1H2,2H3/b14-13+. The summed E-state index contributed by atoms with van der Waals surface area (Å²) in [6.45, 7) is 5.27. The molecule has 2 nitrogen and oxygen atoms in total. The second-order valence-corrected chi connectivity index (χ2v) is 4.79. The highest BCUT2D eigenvalue weighted by Crippen LogP contribution is 2.21. The van der Waals surface area contributed by atoms with E-state index in [0.717, 1.165) is 11.1 Å². The molecule has 0 aliphatic heterocycles. The smallest absolute Gasteiger partial charge is 0.334 e. The number of rotatable bonds is 5. The molecule has 0 aliphatic rings. The fourth-order valence-electron chi connectivity index (χ4n) is 1.84. The van der Waals surface area contributed by atoms with E-state index in [1.807, 2.05) is 72.8 Å². The fraction of sp³-hybridized carbons (Fsp3) is 0.105. The van der Waals surface area contributed by atoms with Gasteiger partial charge >= 0.3 is 5.97 Å². The van der Waals surface area contributed by atoms with Gasteiger partial charge in [0, 0.05) is 5.57 Å². The largest absolute Gasteiger partial charge is 0.450 e. The Hall–Kier alpha value is -2.61. The van der Waals surface area contributed by atoms with Crippen LogP contribution in [0.15, 0.2) is 78.9 Å². The van der Waals surface area contributed by atoms with Crippen molar-refractivity contribution in [1.82, 2.24) is 0 Å². The molecule has 0 aromatic heterocycles. The number of hydrogen-bond acceptors (Lipinski definition) is 2. The maximum Gasteiger partial charge on any atom is 0.334 e. The molecule has 2 aromatic rings. The van der Waals surface area contributed by atoms with Crippen LogP contribution in [-0.4, -0.2) is 5.97 Å². The van der Waals surface area contributed by atoms with E-state index >= 15 is 0 Å². The lowest BCUT2D eigenvalue weighted by molar-refractivity contribution is -0.142. The fourth-order valence-corrected chi connectivity index (χ4v) is 1.84. The normalized spacial score (nSPS) is 12.0. The molecular weight excluding hydrogens is 260 g/mol. The zero-order valence-electron chi connectivity index (χ0n) is 12.0. The van der Waals surface area contributed by atoms with Crippen molar-refractivity contribution < 1.29 is 9.53 Å². The molecule has 2 aromatic carbocycles. The lowest BCUT2D eigenvalue weighted by Gasteiger charge is -2.15. The number of esters is 1. The average molecular weight is 278 g/mol. The minimum absolute atomic E-state index is 0.387. The second kappa shape index (κ2) is 7.25. The third-order valence-electron chi connectivity index (χ3n) is 2.97. The molecule has 1 unspecified atom stereocenters. The highest BCUT2D eigenvalue weighted by Gasteiger charge is 2.13. The maximum absolute atomic E-state index is 11.8. The Bertz CT molecular complexity index is 627. The van der Waals surface area contributed by atoms with Crippen LogP contribution in [0.3, 0.4) is 0 Å². The predicted octanol–water partition coefficient (Wildman–Crippen LogP) is 4.56. The van der Waals surface area contributed by atoms with E-state index in [4.69, 9.17) is 4.74 Å². The maximum atomic E-state index is 11.8. The minimum Gasteiger partial charge on any atom is -0.450 e. The van der Waals surface area contributed by atoms with E-state index in [1.54, 1.807) is 6.92 Å². The average Bonchev–Trinajstić information content (AvgIpc) is 2.53. The molecular formula is C19H18O2. The molecule has 2 rings (SSSR count). The van der Waals surface area contributed by atoms with Crippen LogP contribution >= 0.6 is 0 Å². The summed E-state index contributed by atoms with van der Waals surface area (Å²) in [5, 5.41) is 0. The molecule has 2 heteroatoms. The van der Waals surface area contributed by atoms with Crippen LogP contribution in [0.5, 0.6) is 0 Å². The number of ether oxygens (including phenoxy) is 1. The molecule has 0 N–H and O–H groups in total. The molecule has 0 aliphatic carbocycles. The van der Waals surface area contributed by atoms with Crippen molar-refractivity contribution in [3.05, 3.63) is 90.0 Å². The molecule has 0 saturated carbocycles. The zero-order chi connectivity index (χ0) is 15.1. The van der Waals surface area contributed by atoms with Crippen LogP contribution in [0.1, 0.15) is 24.2 Å². The van der Waals surface area contributed by atoms with E-state index in [2.05, 4.69) is 6.58 Å². The van der Waals surface area contributed by atoms with Crippen molar-refractivity contribution in [2.75, 3.05) is 0 Å². The van der Waals surface area contributed by atoms with Crippen LogP contribution in [0, 0.1) is 0 Å². The molecule has 0 fully saturated rings. The van der Waals surface area contributed by atoms with E-state index in [1.165, 1.54) is 0 Å². The third-order valence-corrected chi connectivity index (χ3v) is 2.97. The lowest BCUT2D eigenvalue weighted by Crippen LogP contribution is -2.10. The summed E-state index contributed by atoms with van der Waals surface area (Å²) in [6, 6.07) is 19.6. The first kappa shape index (κ1) is 14.8. The Balaban J connectivity index is 2.22. The van der Waals surface area contributed by atoms with Crippen LogP contribution < -0.4 is 0 Å². The molecule has 21 heavy (non-hydrogen) atoms. The quantitative estimate of drug-likeness (QED) is 0.592. The van der Waals surface area contributed by atoms with E-state index in [9.17, 15) is 4.79 Å². The molecule has 0 amide bonds. The van der Waals surface area contributed by atoms with Gasteiger partial charge in [-0.1, -0.05) is 73.3 Å². The van der Waals surface area contributed by atoms with Crippen molar-refractivity contribution >= 4 is 12.0 Å². The number of benzene rings is 2. The van der Waals surface area contributed by atoms with Crippen molar-refractivity contribution in [3.8, 4) is 0 Å². The first-order valence-electron chi connectivity index (χ1n) is 6.81. The van der Waals surface area contributed by atoms with Gasteiger partial charge < -0.3 is 4.74 Å². The third kappa shape index (κ3) is 4.46. The molecule has 0 radical (unpaired) electrons. The van der Waals surface area contributed by atoms with Gasteiger partial charge in [0.15, 0.2) is 0 Å². The van der Waals surface area contributed by atoms with Gasteiger partial charge in [0.2, 0.25) is 0 Å². The van der Waals surface area contributed by atoms with Gasteiger partial charge in [-0.25, -0.2) is 4.79 Å². The Labute approximate surface area is 125 Å². The SMILES string of the molecule is C=C(C)C(=O)OC(/C=C/c1ccccc1)c1ccccc1. The van der Waals surface area contributed by atoms with Crippen molar-refractivity contribution in [1.29, 1.82) is 0 Å². The Morgan fingerprint density at radius 2 is 1.62 bits per heavy atom. The summed E-state index contributed by atoms with van der Waals surface area (Å²) in [4.78, 5) is 11.8. The zero-order valence-corrected chi connectivity index (χ0v) is 12.0. The van der Waals surface area contributed by atoms with Crippen LogP contribution in [0.2, 0.25) is 0 Å². The molecule has 0 heterocycles. The summed E-state index contributed by atoms with van der Waals surface area (Å²) in [5.41, 5.74) is 2.38. The molecule has 1 atom stereocenters. The van der Waals surface area contributed by atoms with Crippen molar-refractivity contribution in [2.24, 2.45) is 0 Å². The van der Waals surface area contributed by atoms with E-state index in [-0.39, 0.29) is 5.97 Å². The molecule has 0 spiro atoms. The first-order valence-corrected chi connectivity index (χ1v) is 6.81. The summed E-state index contributed by atoms with van der Waals surface area (Å²) < 4.78 is 5.49. The lowest BCUT2D eigenvalue weighted by atomic mass is 10.1. The van der Waals surface area contributed by atoms with Gasteiger partial charge in [-0.15, -0.1) is 0 Å². The van der Waals surface area contributed by atoms with Gasteiger partial charge in [-0.3, -0.25) is 0 Å². The topological polar surface area (TPSA) is 26.3 Å². The Morgan fingerprint density at radius 1 is 1.05 bits per heavy atom. The molecule has 0 bridgehead atoms. The monoisotopic (exact) mass is 278 g/mol. The first-order chi connectivity index (χ1) is 10.2. The van der Waals surface area contributed by atoms with Gasteiger partial charge in [0.05, 0.1) is 0 Å². The van der Waals surface area contributed by atoms with Crippen molar-refractivity contribution in [2.45, 2.75) is 13.0 Å². The second-order valence-electron chi connectivity index (χ2n) is 4.79. The Kier molecular flexibility index (Phi) is 5.10. The van der Waals surface area contributed by atoms with Gasteiger partial charge in [0.1, 0.15) is 6.10 Å². The van der Waals surface area contributed by atoms with E-state index < -0.39 is 6.10 Å². The minimum atomic E-state index is -0.421. The predicted molar refractivity (Wildman–Crippen MR) is 85.6 cm³/mol. The summed E-state index contributed by atoms with van der Waals surface area (Å²) >= 11 is 0. The van der Waals surface area contributed by atoms with Crippen LogP contribution in [-0.2, 0) is 9.53 Å². The van der Waals surface area contributed by atoms with Crippen LogP contribution in [0.25, 0.3) is 6.08 Å². The highest BCUT2D eigenvalue weighted by molar-refractivity contribution is 5.87.